The summed E-state index contributed by atoms with van der Waals surface area (Å²) in [5.74, 6) is -0.196. The van der Waals surface area contributed by atoms with E-state index in [1.165, 1.54) is 24.5 Å². The van der Waals surface area contributed by atoms with Crippen molar-refractivity contribution in [2.24, 2.45) is 0 Å². The molecule has 1 aromatic rings. The van der Waals surface area contributed by atoms with Crippen molar-refractivity contribution in [2.45, 2.75) is 45.6 Å². The first kappa shape index (κ1) is 14.7. The van der Waals surface area contributed by atoms with Gasteiger partial charge in [-0.25, -0.2) is 4.39 Å². The van der Waals surface area contributed by atoms with Crippen molar-refractivity contribution in [1.82, 2.24) is 5.32 Å². The summed E-state index contributed by atoms with van der Waals surface area (Å²) in [7, 11) is 0. The molecule has 0 aliphatic carbocycles. The summed E-state index contributed by atoms with van der Waals surface area (Å²) in [4.78, 5) is 0. The maximum atomic E-state index is 13.2. The molecular formula is C14H21BrFN. The van der Waals surface area contributed by atoms with Gasteiger partial charge >= 0.3 is 0 Å². The Kier molecular flexibility index (Phi) is 6.75. The predicted octanol–water partition coefficient (Wildman–Crippen LogP) is 4.82. The van der Waals surface area contributed by atoms with Crippen molar-refractivity contribution in [1.29, 1.82) is 0 Å². The molecule has 0 amide bonds. The fourth-order valence-electron chi connectivity index (χ4n) is 1.84. The minimum Gasteiger partial charge on any atom is -0.310 e. The first-order chi connectivity index (χ1) is 8.19. The zero-order chi connectivity index (χ0) is 12.7. The van der Waals surface area contributed by atoms with Crippen LogP contribution in [-0.2, 0) is 0 Å². The maximum absolute atomic E-state index is 13.2. The number of unbranched alkanes of at least 4 members (excludes halogenated alkanes) is 1. The molecule has 1 unspecified atom stereocenters. The summed E-state index contributed by atoms with van der Waals surface area (Å²) in [5.41, 5.74) is 1.17. The van der Waals surface area contributed by atoms with Crippen LogP contribution >= 0.6 is 15.9 Å². The second-order valence-corrected chi connectivity index (χ2v) is 5.18. The molecule has 17 heavy (non-hydrogen) atoms. The number of nitrogens with one attached hydrogen (secondary N) is 1. The van der Waals surface area contributed by atoms with Gasteiger partial charge in [-0.05, 0) is 53.0 Å². The van der Waals surface area contributed by atoms with Crippen molar-refractivity contribution < 1.29 is 4.39 Å². The molecule has 1 atom stereocenters. The van der Waals surface area contributed by atoms with E-state index in [-0.39, 0.29) is 5.82 Å². The second kappa shape index (κ2) is 7.83. The number of hydrogen-bond donors (Lipinski definition) is 1. The van der Waals surface area contributed by atoms with Crippen LogP contribution in [0, 0.1) is 5.82 Å². The van der Waals surface area contributed by atoms with Crippen LogP contribution in [0.25, 0.3) is 0 Å². The monoisotopic (exact) mass is 301 g/mol. The Bertz CT molecular complexity index is 333. The number of rotatable bonds is 7. The van der Waals surface area contributed by atoms with E-state index in [1.54, 1.807) is 0 Å². The lowest BCUT2D eigenvalue weighted by atomic mass is 10.0. The molecule has 0 heterocycles. The molecule has 0 radical (unpaired) electrons. The largest absolute Gasteiger partial charge is 0.310 e. The lowest BCUT2D eigenvalue weighted by Gasteiger charge is -2.19. The summed E-state index contributed by atoms with van der Waals surface area (Å²) in [6.45, 7) is 5.35. The molecule has 0 saturated heterocycles. The predicted molar refractivity (Wildman–Crippen MR) is 74.7 cm³/mol. The summed E-state index contributed by atoms with van der Waals surface area (Å²) < 4.78 is 13.7. The fourth-order valence-corrected chi connectivity index (χ4v) is 2.24. The Balaban J connectivity index is 2.75. The summed E-state index contributed by atoms with van der Waals surface area (Å²) in [5, 5.41) is 3.52. The molecule has 0 bridgehead atoms. The molecule has 1 aromatic carbocycles. The van der Waals surface area contributed by atoms with Gasteiger partial charge in [-0.3, -0.25) is 0 Å². The van der Waals surface area contributed by atoms with Crippen molar-refractivity contribution in [3.8, 4) is 0 Å². The summed E-state index contributed by atoms with van der Waals surface area (Å²) >= 11 is 3.25. The van der Waals surface area contributed by atoms with Crippen LogP contribution < -0.4 is 5.32 Å². The van der Waals surface area contributed by atoms with E-state index < -0.39 is 0 Å². The van der Waals surface area contributed by atoms with Crippen molar-refractivity contribution in [2.75, 3.05) is 6.54 Å². The Morgan fingerprint density at radius 2 is 2.06 bits per heavy atom. The van der Waals surface area contributed by atoms with E-state index in [0.29, 0.717) is 10.5 Å². The van der Waals surface area contributed by atoms with Gasteiger partial charge in [-0.2, -0.15) is 0 Å². The Morgan fingerprint density at radius 1 is 1.29 bits per heavy atom. The van der Waals surface area contributed by atoms with E-state index in [4.69, 9.17) is 0 Å². The van der Waals surface area contributed by atoms with E-state index in [1.807, 2.05) is 12.1 Å². The van der Waals surface area contributed by atoms with Gasteiger partial charge in [0.2, 0.25) is 0 Å². The highest BCUT2D eigenvalue weighted by Crippen LogP contribution is 2.24. The van der Waals surface area contributed by atoms with Crippen LogP contribution in [0.15, 0.2) is 22.7 Å². The van der Waals surface area contributed by atoms with Crippen LogP contribution in [0.4, 0.5) is 4.39 Å². The number of hydrogen-bond acceptors (Lipinski definition) is 1. The van der Waals surface area contributed by atoms with Crippen molar-refractivity contribution >= 4 is 15.9 Å². The van der Waals surface area contributed by atoms with Gasteiger partial charge in [0.05, 0.1) is 4.47 Å². The molecule has 0 aliphatic heterocycles. The molecule has 0 aliphatic rings. The molecule has 0 aromatic heterocycles. The van der Waals surface area contributed by atoms with Crippen molar-refractivity contribution in [3.05, 3.63) is 34.1 Å². The van der Waals surface area contributed by atoms with Crippen LogP contribution in [-0.4, -0.2) is 6.54 Å². The van der Waals surface area contributed by atoms with Gasteiger partial charge < -0.3 is 5.32 Å². The van der Waals surface area contributed by atoms with E-state index >= 15 is 0 Å². The van der Waals surface area contributed by atoms with E-state index in [0.717, 1.165) is 19.4 Å². The molecule has 0 saturated carbocycles. The fraction of sp³-hybridized carbons (Fsp3) is 0.571. The topological polar surface area (TPSA) is 12.0 Å². The maximum Gasteiger partial charge on any atom is 0.137 e. The Hall–Kier alpha value is -0.410. The van der Waals surface area contributed by atoms with Crippen LogP contribution in [0.5, 0.6) is 0 Å². The SMILES string of the molecule is CCCCC(NCCC)c1ccc(F)c(Br)c1. The highest BCUT2D eigenvalue weighted by Gasteiger charge is 2.11. The Morgan fingerprint density at radius 3 is 2.65 bits per heavy atom. The lowest BCUT2D eigenvalue weighted by Crippen LogP contribution is -2.22. The van der Waals surface area contributed by atoms with Crippen LogP contribution in [0.1, 0.15) is 51.1 Å². The van der Waals surface area contributed by atoms with Crippen LogP contribution in [0.3, 0.4) is 0 Å². The highest BCUT2D eigenvalue weighted by atomic mass is 79.9. The molecule has 3 heteroatoms. The first-order valence-electron chi connectivity index (χ1n) is 6.37. The van der Waals surface area contributed by atoms with Gasteiger partial charge in [0.1, 0.15) is 5.82 Å². The molecular weight excluding hydrogens is 281 g/mol. The minimum absolute atomic E-state index is 0.196. The normalized spacial score (nSPS) is 12.7. The van der Waals surface area contributed by atoms with Crippen molar-refractivity contribution in [3.63, 3.8) is 0 Å². The quantitative estimate of drug-likeness (QED) is 0.761. The highest BCUT2D eigenvalue weighted by molar-refractivity contribution is 9.10. The third-order valence-corrected chi connectivity index (χ3v) is 3.44. The van der Waals surface area contributed by atoms with Gasteiger partial charge in [-0.1, -0.05) is 32.8 Å². The standard InChI is InChI=1S/C14H21BrFN/c1-3-5-6-14(17-9-4-2)11-7-8-13(16)12(15)10-11/h7-8,10,14,17H,3-6,9H2,1-2H3. The molecule has 1 rings (SSSR count). The Labute approximate surface area is 112 Å². The third kappa shape index (κ3) is 4.76. The van der Waals surface area contributed by atoms with Gasteiger partial charge in [0.25, 0.3) is 0 Å². The van der Waals surface area contributed by atoms with Gasteiger partial charge in [-0.15, -0.1) is 0 Å². The number of benzene rings is 1. The second-order valence-electron chi connectivity index (χ2n) is 4.32. The van der Waals surface area contributed by atoms with E-state index in [2.05, 4.69) is 35.1 Å². The summed E-state index contributed by atoms with van der Waals surface area (Å²) in [6.07, 6.45) is 4.60. The zero-order valence-electron chi connectivity index (χ0n) is 10.6. The third-order valence-electron chi connectivity index (χ3n) is 2.83. The van der Waals surface area contributed by atoms with E-state index in [9.17, 15) is 4.39 Å². The van der Waals surface area contributed by atoms with Gasteiger partial charge in [0.15, 0.2) is 0 Å². The number of halogens is 2. The molecule has 1 nitrogen and oxygen atoms in total. The summed E-state index contributed by atoms with van der Waals surface area (Å²) in [6, 6.07) is 5.64. The minimum atomic E-state index is -0.196. The van der Waals surface area contributed by atoms with Gasteiger partial charge in [0, 0.05) is 6.04 Å². The molecule has 96 valence electrons. The molecule has 1 N–H and O–H groups in total. The lowest BCUT2D eigenvalue weighted by molar-refractivity contribution is 0.480. The average Bonchev–Trinajstić information content (AvgIpc) is 2.33. The first-order valence-corrected chi connectivity index (χ1v) is 7.16. The molecule has 0 spiro atoms. The molecule has 0 fully saturated rings. The zero-order valence-corrected chi connectivity index (χ0v) is 12.2. The average molecular weight is 302 g/mol. The van der Waals surface area contributed by atoms with Crippen LogP contribution in [0.2, 0.25) is 0 Å². The smallest absolute Gasteiger partial charge is 0.137 e.